The van der Waals surface area contributed by atoms with Crippen LogP contribution >= 0.6 is 0 Å². The van der Waals surface area contributed by atoms with Crippen LogP contribution < -0.4 is 10.6 Å². The van der Waals surface area contributed by atoms with Gasteiger partial charge in [0, 0.05) is 37.9 Å². The zero-order valence-corrected chi connectivity index (χ0v) is 10.4. The molecule has 5 heteroatoms. The number of nitrogens with zero attached hydrogens (tertiary/aromatic N) is 2. The van der Waals surface area contributed by atoms with E-state index in [-0.39, 0.29) is 11.8 Å². The van der Waals surface area contributed by atoms with Gasteiger partial charge in [-0.05, 0) is 19.8 Å². The smallest absolute Gasteiger partial charge is 0.224 e. The molecule has 0 aliphatic carbocycles. The average molecular weight is 236 g/mol. The number of amides is 1. The Hall–Kier alpha value is -1.36. The maximum Gasteiger partial charge on any atom is 0.224 e. The van der Waals surface area contributed by atoms with Crippen molar-refractivity contribution in [1.82, 2.24) is 20.4 Å². The number of hydrogen-bond acceptors (Lipinski definition) is 3. The van der Waals surface area contributed by atoms with E-state index in [1.165, 1.54) is 0 Å². The second-order valence-electron chi connectivity index (χ2n) is 4.82. The molecule has 0 radical (unpaired) electrons. The molecule has 0 bridgehead atoms. The number of carbonyl (C=O) groups is 1. The predicted octanol–water partition coefficient (Wildman–Crippen LogP) is 0.424. The second-order valence-corrected chi connectivity index (χ2v) is 4.82. The molecule has 5 nitrogen and oxygen atoms in total. The van der Waals surface area contributed by atoms with E-state index in [1.807, 2.05) is 13.2 Å². The van der Waals surface area contributed by atoms with Crippen LogP contribution in [0, 0.1) is 5.92 Å². The van der Waals surface area contributed by atoms with Gasteiger partial charge in [0.25, 0.3) is 0 Å². The number of aryl methyl sites for hydroxylation is 1. The van der Waals surface area contributed by atoms with Gasteiger partial charge in [0.1, 0.15) is 0 Å². The number of aromatic nitrogens is 2. The number of carbonyl (C=O) groups excluding carboxylic acids is 1. The van der Waals surface area contributed by atoms with E-state index in [0.717, 1.165) is 24.9 Å². The largest absolute Gasteiger partial charge is 0.352 e. The van der Waals surface area contributed by atoms with Gasteiger partial charge >= 0.3 is 0 Å². The molecule has 2 N–H and O–H groups in total. The summed E-state index contributed by atoms with van der Waals surface area (Å²) < 4.78 is 1.74. The van der Waals surface area contributed by atoms with E-state index < -0.39 is 0 Å². The Morgan fingerprint density at radius 2 is 2.47 bits per heavy atom. The Bertz CT molecular complexity index is 380. The second kappa shape index (κ2) is 5.31. The molecule has 0 saturated carbocycles. The van der Waals surface area contributed by atoms with Crippen LogP contribution in [0.15, 0.2) is 12.4 Å². The highest BCUT2D eigenvalue weighted by molar-refractivity contribution is 5.78. The molecule has 94 valence electrons. The van der Waals surface area contributed by atoms with Crippen LogP contribution in [-0.4, -0.2) is 28.3 Å². The van der Waals surface area contributed by atoms with Gasteiger partial charge in [-0.25, -0.2) is 0 Å². The summed E-state index contributed by atoms with van der Waals surface area (Å²) in [4.78, 5) is 11.9. The summed E-state index contributed by atoms with van der Waals surface area (Å²) in [7, 11) is 1.87. The molecule has 1 aromatic rings. The molecule has 2 rings (SSSR count). The van der Waals surface area contributed by atoms with Gasteiger partial charge in [-0.15, -0.1) is 0 Å². The first-order valence-corrected chi connectivity index (χ1v) is 6.14. The van der Waals surface area contributed by atoms with Gasteiger partial charge in [-0.2, -0.15) is 5.10 Å². The molecule has 1 saturated heterocycles. The Kier molecular flexibility index (Phi) is 3.78. The Balaban J connectivity index is 1.77. The molecular formula is C12H20N4O. The van der Waals surface area contributed by atoms with Crippen LogP contribution in [0.3, 0.4) is 0 Å². The van der Waals surface area contributed by atoms with Crippen LogP contribution in [0.4, 0.5) is 0 Å². The summed E-state index contributed by atoms with van der Waals surface area (Å²) in [6.45, 7) is 3.52. The molecule has 2 heterocycles. The molecule has 1 fully saturated rings. The number of piperidine rings is 1. The standard InChI is InChI=1S/C12H20N4O/c1-9-3-4-11(7-13-9)12(17)14-5-10-6-15-16(2)8-10/h6,8-9,11,13H,3-5,7H2,1-2H3,(H,14,17). The Morgan fingerprint density at radius 3 is 3.06 bits per heavy atom. The summed E-state index contributed by atoms with van der Waals surface area (Å²) in [5, 5.41) is 10.4. The molecule has 0 spiro atoms. The normalized spacial score (nSPS) is 24.6. The highest BCUT2D eigenvalue weighted by Gasteiger charge is 2.23. The van der Waals surface area contributed by atoms with Crippen molar-refractivity contribution < 1.29 is 4.79 Å². The van der Waals surface area contributed by atoms with E-state index in [2.05, 4.69) is 22.7 Å². The third-order valence-corrected chi connectivity index (χ3v) is 3.26. The Labute approximate surface area is 102 Å². The van der Waals surface area contributed by atoms with E-state index in [1.54, 1.807) is 10.9 Å². The van der Waals surface area contributed by atoms with Gasteiger partial charge in [-0.3, -0.25) is 9.48 Å². The van der Waals surface area contributed by atoms with Gasteiger partial charge < -0.3 is 10.6 Å². The lowest BCUT2D eigenvalue weighted by Gasteiger charge is -2.26. The summed E-state index contributed by atoms with van der Waals surface area (Å²) in [6.07, 6.45) is 5.75. The molecule has 17 heavy (non-hydrogen) atoms. The van der Waals surface area contributed by atoms with Crippen LogP contribution in [0.2, 0.25) is 0 Å². The molecule has 1 aliphatic heterocycles. The number of nitrogens with one attached hydrogen (secondary N) is 2. The van der Waals surface area contributed by atoms with Crippen molar-refractivity contribution in [3.8, 4) is 0 Å². The molecule has 0 aromatic carbocycles. The molecule has 2 unspecified atom stereocenters. The summed E-state index contributed by atoms with van der Waals surface area (Å²) in [5.41, 5.74) is 1.04. The fourth-order valence-electron chi connectivity index (χ4n) is 2.12. The van der Waals surface area contributed by atoms with Crippen LogP contribution in [-0.2, 0) is 18.4 Å². The van der Waals surface area contributed by atoms with Crippen molar-refractivity contribution in [3.63, 3.8) is 0 Å². The lowest BCUT2D eigenvalue weighted by Crippen LogP contribution is -2.43. The zero-order valence-electron chi connectivity index (χ0n) is 10.4. The topological polar surface area (TPSA) is 59.0 Å². The minimum atomic E-state index is 0.114. The van der Waals surface area contributed by atoms with E-state index in [0.29, 0.717) is 12.6 Å². The molecule has 2 atom stereocenters. The third-order valence-electron chi connectivity index (χ3n) is 3.26. The van der Waals surface area contributed by atoms with Crippen molar-refractivity contribution in [1.29, 1.82) is 0 Å². The van der Waals surface area contributed by atoms with Crippen LogP contribution in [0.1, 0.15) is 25.3 Å². The summed E-state index contributed by atoms with van der Waals surface area (Å²) in [6, 6.07) is 0.539. The van der Waals surface area contributed by atoms with Crippen molar-refractivity contribution >= 4 is 5.91 Å². The van der Waals surface area contributed by atoms with E-state index >= 15 is 0 Å². The lowest BCUT2D eigenvalue weighted by atomic mass is 9.95. The van der Waals surface area contributed by atoms with Crippen molar-refractivity contribution in [2.45, 2.75) is 32.4 Å². The fraction of sp³-hybridized carbons (Fsp3) is 0.667. The quantitative estimate of drug-likeness (QED) is 0.800. The highest BCUT2D eigenvalue weighted by atomic mass is 16.1. The SMILES string of the molecule is CC1CCC(C(=O)NCc2cnn(C)c2)CN1. The first-order valence-electron chi connectivity index (χ1n) is 6.14. The summed E-state index contributed by atoms with van der Waals surface area (Å²) >= 11 is 0. The average Bonchev–Trinajstić information content (AvgIpc) is 2.73. The maximum atomic E-state index is 11.9. The maximum absolute atomic E-state index is 11.9. The molecule has 1 aliphatic rings. The molecule has 1 aromatic heterocycles. The first-order chi connectivity index (χ1) is 8.15. The lowest BCUT2D eigenvalue weighted by molar-refractivity contribution is -0.125. The number of rotatable bonds is 3. The van der Waals surface area contributed by atoms with E-state index in [9.17, 15) is 4.79 Å². The van der Waals surface area contributed by atoms with Gasteiger partial charge in [0.05, 0.1) is 12.1 Å². The molecule has 1 amide bonds. The monoisotopic (exact) mass is 236 g/mol. The van der Waals surface area contributed by atoms with Crippen molar-refractivity contribution in [3.05, 3.63) is 18.0 Å². The summed E-state index contributed by atoms with van der Waals surface area (Å²) in [5.74, 6) is 0.260. The van der Waals surface area contributed by atoms with Crippen molar-refractivity contribution in [2.75, 3.05) is 6.54 Å². The van der Waals surface area contributed by atoms with Crippen LogP contribution in [0.5, 0.6) is 0 Å². The molecular weight excluding hydrogens is 216 g/mol. The predicted molar refractivity (Wildman–Crippen MR) is 65.2 cm³/mol. The first kappa shape index (κ1) is 12.1. The number of hydrogen-bond donors (Lipinski definition) is 2. The minimum Gasteiger partial charge on any atom is -0.352 e. The third kappa shape index (κ3) is 3.30. The fourth-order valence-corrected chi connectivity index (χ4v) is 2.12. The van der Waals surface area contributed by atoms with Crippen LogP contribution in [0.25, 0.3) is 0 Å². The van der Waals surface area contributed by atoms with E-state index in [4.69, 9.17) is 0 Å². The van der Waals surface area contributed by atoms with Crippen molar-refractivity contribution in [2.24, 2.45) is 13.0 Å². The van der Waals surface area contributed by atoms with Gasteiger partial charge in [0.2, 0.25) is 5.91 Å². The van der Waals surface area contributed by atoms with Gasteiger partial charge in [-0.1, -0.05) is 0 Å². The zero-order chi connectivity index (χ0) is 12.3. The Morgan fingerprint density at radius 1 is 1.65 bits per heavy atom. The minimum absolute atomic E-state index is 0.114. The van der Waals surface area contributed by atoms with Gasteiger partial charge in [0.15, 0.2) is 0 Å². The highest BCUT2D eigenvalue weighted by Crippen LogP contribution is 2.14.